The highest BCUT2D eigenvalue weighted by atomic mass is 16.2. The minimum absolute atomic E-state index is 0.0571. The normalized spacial score (nSPS) is 15.7. The van der Waals surface area contributed by atoms with Crippen LogP contribution in [0, 0.1) is 26.7 Å². The zero-order valence-corrected chi connectivity index (χ0v) is 18.4. The molecule has 0 radical (unpaired) electrons. The molecule has 4 rings (SSSR count). The quantitative estimate of drug-likeness (QED) is 0.646. The number of benzene rings is 2. The Bertz CT molecular complexity index is 1160. The molecule has 1 atom stereocenters. The average molecular weight is 431 g/mol. The van der Waals surface area contributed by atoms with Crippen molar-refractivity contribution in [2.75, 3.05) is 22.2 Å². The Morgan fingerprint density at radius 2 is 1.62 bits per heavy atom. The number of amides is 3. The highest BCUT2D eigenvalue weighted by Crippen LogP contribution is 2.26. The minimum atomic E-state index is -0.425. The fraction of sp³-hybridized carbons (Fsp3) is 0.240. The Hall–Kier alpha value is -3.87. The number of hydrogen-bond donors (Lipinski definition) is 2. The van der Waals surface area contributed by atoms with Crippen molar-refractivity contribution < 1.29 is 14.4 Å². The van der Waals surface area contributed by atoms with Gasteiger partial charge in [0.2, 0.25) is 11.8 Å². The minimum Gasteiger partial charge on any atom is -0.326 e. The van der Waals surface area contributed by atoms with Crippen molar-refractivity contribution in [2.24, 2.45) is 5.92 Å². The van der Waals surface area contributed by atoms with Crippen LogP contribution in [0.2, 0.25) is 0 Å². The Kier molecular flexibility index (Phi) is 5.81. The molecule has 1 aliphatic heterocycles. The Labute approximate surface area is 187 Å². The number of carbonyl (C=O) groups excluding carboxylic acids is 3. The molecule has 164 valence electrons. The summed E-state index contributed by atoms with van der Waals surface area (Å²) in [5.41, 5.74) is 7.67. The molecule has 0 unspecified atom stereocenters. The van der Waals surface area contributed by atoms with Crippen LogP contribution in [0.3, 0.4) is 0 Å². The van der Waals surface area contributed by atoms with E-state index < -0.39 is 5.92 Å². The first-order chi connectivity index (χ1) is 15.3. The van der Waals surface area contributed by atoms with Gasteiger partial charge in [-0.3, -0.25) is 24.5 Å². The van der Waals surface area contributed by atoms with E-state index >= 15 is 0 Å². The van der Waals surface area contributed by atoms with E-state index in [4.69, 9.17) is 0 Å². The first-order valence-corrected chi connectivity index (χ1v) is 10.6. The fourth-order valence-corrected chi connectivity index (χ4v) is 3.89. The van der Waals surface area contributed by atoms with E-state index in [1.54, 1.807) is 33.8 Å². The molecule has 7 nitrogen and oxygen atoms in total. The molecule has 2 aromatic carbocycles. The second-order valence-electron chi connectivity index (χ2n) is 8.20. The van der Waals surface area contributed by atoms with Gasteiger partial charge in [-0.15, -0.1) is 0 Å². The molecule has 0 spiro atoms. The lowest BCUT2D eigenvalue weighted by molar-refractivity contribution is -0.122. The lowest BCUT2D eigenvalue weighted by atomic mass is 10.1. The van der Waals surface area contributed by atoms with E-state index in [9.17, 15) is 14.4 Å². The van der Waals surface area contributed by atoms with Crippen molar-refractivity contribution in [3.05, 3.63) is 83.2 Å². The third kappa shape index (κ3) is 4.42. The molecule has 3 amide bonds. The van der Waals surface area contributed by atoms with Gasteiger partial charge in [-0.2, -0.15) is 0 Å². The average Bonchev–Trinajstić information content (AvgIpc) is 3.31. The van der Waals surface area contributed by atoms with E-state index in [0.717, 1.165) is 22.6 Å². The molecule has 0 saturated carbocycles. The monoisotopic (exact) mass is 430 g/mol. The Morgan fingerprint density at radius 1 is 0.938 bits per heavy atom. The number of rotatable bonds is 5. The van der Waals surface area contributed by atoms with Crippen LogP contribution in [0.15, 0.2) is 60.7 Å². The van der Waals surface area contributed by atoms with E-state index in [2.05, 4.69) is 10.7 Å². The molecular formula is C25H26N4O3. The Morgan fingerprint density at radius 3 is 2.28 bits per heavy atom. The molecule has 7 heteroatoms. The van der Waals surface area contributed by atoms with Gasteiger partial charge >= 0.3 is 0 Å². The predicted octanol–water partition coefficient (Wildman–Crippen LogP) is 3.79. The summed E-state index contributed by atoms with van der Waals surface area (Å²) < 4.78 is 1.73. The van der Waals surface area contributed by atoms with E-state index in [0.29, 0.717) is 17.8 Å². The molecule has 32 heavy (non-hydrogen) atoms. The zero-order chi connectivity index (χ0) is 22.8. The number of aromatic nitrogens is 1. The van der Waals surface area contributed by atoms with Gasteiger partial charge in [0.05, 0.1) is 5.92 Å². The van der Waals surface area contributed by atoms with Crippen molar-refractivity contribution in [3.8, 4) is 0 Å². The molecule has 0 aliphatic carbocycles. The van der Waals surface area contributed by atoms with E-state index in [1.807, 2.05) is 57.2 Å². The van der Waals surface area contributed by atoms with Gasteiger partial charge in [0, 0.05) is 41.3 Å². The molecule has 1 aliphatic rings. The van der Waals surface area contributed by atoms with Crippen LogP contribution in [0.1, 0.15) is 33.7 Å². The summed E-state index contributed by atoms with van der Waals surface area (Å²) in [4.78, 5) is 39.4. The van der Waals surface area contributed by atoms with Gasteiger partial charge in [0.1, 0.15) is 0 Å². The molecule has 2 heterocycles. The van der Waals surface area contributed by atoms with Gasteiger partial charge in [0.25, 0.3) is 5.91 Å². The van der Waals surface area contributed by atoms with Gasteiger partial charge in [-0.1, -0.05) is 12.1 Å². The van der Waals surface area contributed by atoms with Crippen LogP contribution in [0.5, 0.6) is 0 Å². The predicted molar refractivity (Wildman–Crippen MR) is 124 cm³/mol. The SMILES string of the molecule is Cc1cccc(N2C[C@@H](C(=O)Nc3ccc(C(=O)Nn4c(C)ccc4C)cc3)CC2=O)c1. The van der Waals surface area contributed by atoms with Gasteiger partial charge < -0.3 is 10.2 Å². The molecule has 2 N–H and O–H groups in total. The second-order valence-corrected chi connectivity index (χ2v) is 8.20. The van der Waals surface area contributed by atoms with Crippen LogP contribution in [0.25, 0.3) is 0 Å². The molecule has 1 saturated heterocycles. The fourth-order valence-electron chi connectivity index (χ4n) is 3.89. The summed E-state index contributed by atoms with van der Waals surface area (Å²) in [7, 11) is 0. The van der Waals surface area contributed by atoms with Crippen LogP contribution in [-0.2, 0) is 9.59 Å². The van der Waals surface area contributed by atoms with E-state index in [-0.39, 0.29) is 24.1 Å². The number of anilines is 2. The first-order valence-electron chi connectivity index (χ1n) is 10.6. The lowest BCUT2D eigenvalue weighted by Crippen LogP contribution is -2.28. The van der Waals surface area contributed by atoms with Crippen molar-refractivity contribution in [3.63, 3.8) is 0 Å². The standard InChI is InChI=1S/C25H26N4O3/c1-16-5-4-6-22(13-16)28-15-20(14-23(28)30)24(31)26-21-11-9-19(10-12-21)25(32)27-29-17(2)7-8-18(29)3/h4-13,20H,14-15H2,1-3H3,(H,26,31)(H,27,32)/t20-/m0/s1. The van der Waals surface area contributed by atoms with Gasteiger partial charge in [-0.05, 0) is 74.9 Å². The number of carbonyl (C=O) groups is 3. The molecular weight excluding hydrogens is 404 g/mol. The summed E-state index contributed by atoms with van der Waals surface area (Å²) in [6.07, 6.45) is 0.176. The molecule has 1 aromatic heterocycles. The maximum Gasteiger partial charge on any atom is 0.270 e. The van der Waals surface area contributed by atoms with Crippen molar-refractivity contribution in [2.45, 2.75) is 27.2 Å². The third-order valence-corrected chi connectivity index (χ3v) is 5.71. The summed E-state index contributed by atoms with van der Waals surface area (Å²) in [6.45, 7) is 6.16. The number of hydrogen-bond acceptors (Lipinski definition) is 3. The second kappa shape index (κ2) is 8.70. The molecule has 3 aromatic rings. The summed E-state index contributed by atoms with van der Waals surface area (Å²) in [5, 5.41) is 2.86. The summed E-state index contributed by atoms with van der Waals surface area (Å²) in [6, 6.07) is 18.3. The number of nitrogens with zero attached hydrogens (tertiary/aromatic N) is 2. The van der Waals surface area contributed by atoms with Crippen molar-refractivity contribution in [1.82, 2.24) is 4.68 Å². The van der Waals surface area contributed by atoms with Gasteiger partial charge in [0.15, 0.2) is 0 Å². The lowest BCUT2D eigenvalue weighted by Gasteiger charge is -2.17. The smallest absolute Gasteiger partial charge is 0.270 e. The highest BCUT2D eigenvalue weighted by molar-refractivity contribution is 6.04. The largest absolute Gasteiger partial charge is 0.326 e. The molecule has 0 bridgehead atoms. The summed E-state index contributed by atoms with van der Waals surface area (Å²) in [5.74, 6) is -0.922. The topological polar surface area (TPSA) is 83.4 Å². The number of aryl methyl sites for hydroxylation is 3. The maximum atomic E-state index is 12.7. The van der Waals surface area contributed by atoms with Crippen molar-refractivity contribution in [1.29, 1.82) is 0 Å². The third-order valence-electron chi connectivity index (χ3n) is 5.71. The maximum absolute atomic E-state index is 12.7. The van der Waals surface area contributed by atoms with Crippen LogP contribution < -0.4 is 15.6 Å². The van der Waals surface area contributed by atoms with E-state index in [1.165, 1.54) is 0 Å². The first kappa shape index (κ1) is 21.4. The zero-order valence-electron chi connectivity index (χ0n) is 18.4. The van der Waals surface area contributed by atoms with Crippen LogP contribution in [-0.4, -0.2) is 28.9 Å². The van der Waals surface area contributed by atoms with Crippen molar-refractivity contribution >= 4 is 29.1 Å². The highest BCUT2D eigenvalue weighted by Gasteiger charge is 2.35. The Balaban J connectivity index is 1.38. The molecule has 1 fully saturated rings. The summed E-state index contributed by atoms with van der Waals surface area (Å²) >= 11 is 0. The van der Waals surface area contributed by atoms with Gasteiger partial charge in [-0.25, -0.2) is 0 Å². The van der Waals surface area contributed by atoms with Crippen LogP contribution >= 0.6 is 0 Å². The van der Waals surface area contributed by atoms with Crippen LogP contribution in [0.4, 0.5) is 11.4 Å². The number of nitrogens with one attached hydrogen (secondary N) is 2.